The van der Waals surface area contributed by atoms with Gasteiger partial charge in [-0.15, -0.1) is 0 Å². The summed E-state index contributed by atoms with van der Waals surface area (Å²) in [6.07, 6.45) is 0.717. The fraction of sp³-hybridized carbons (Fsp3) is 0.435. The minimum Gasteiger partial charge on any atom is -0.443 e. The Kier molecular flexibility index (Phi) is 5.48. The van der Waals surface area contributed by atoms with E-state index in [0.29, 0.717) is 19.4 Å². The van der Waals surface area contributed by atoms with Gasteiger partial charge in [0, 0.05) is 19.4 Å². The average molecular weight is 385 g/mol. The average Bonchev–Trinajstić information content (AvgIpc) is 2.60. The van der Waals surface area contributed by atoms with Crippen LogP contribution in [0.3, 0.4) is 0 Å². The molecule has 0 bridgehead atoms. The Morgan fingerprint density at radius 2 is 1.68 bits per heavy atom. The Morgan fingerprint density at radius 3 is 2.18 bits per heavy atom. The van der Waals surface area contributed by atoms with Gasteiger partial charge in [-0.2, -0.15) is 0 Å². The zero-order valence-corrected chi connectivity index (χ0v) is 16.9. The number of hydrogen-bond donors (Lipinski definition) is 1. The second kappa shape index (κ2) is 7.55. The van der Waals surface area contributed by atoms with Crippen molar-refractivity contribution in [1.82, 2.24) is 4.90 Å². The van der Waals surface area contributed by atoms with E-state index >= 15 is 0 Å². The van der Waals surface area contributed by atoms with Crippen molar-refractivity contribution in [2.24, 2.45) is 0 Å². The quantitative estimate of drug-likeness (QED) is 0.758. The topological polar surface area (TPSA) is 49.8 Å². The molecule has 2 aromatic carbocycles. The van der Waals surface area contributed by atoms with E-state index in [0.717, 1.165) is 16.7 Å². The van der Waals surface area contributed by atoms with Gasteiger partial charge in [0.25, 0.3) is 0 Å². The van der Waals surface area contributed by atoms with Crippen LogP contribution in [0.15, 0.2) is 48.5 Å². The second-order valence-corrected chi connectivity index (χ2v) is 8.56. The monoisotopic (exact) mass is 385 g/mol. The molecule has 0 aromatic heterocycles. The molecule has 1 saturated heterocycles. The van der Waals surface area contributed by atoms with Crippen LogP contribution in [0.25, 0.3) is 11.1 Å². The molecule has 3 rings (SSSR count). The molecule has 1 aliphatic heterocycles. The molecule has 2 atom stereocenters. The van der Waals surface area contributed by atoms with Crippen LogP contribution < -0.4 is 0 Å². The number of cyclic esters (lactones) is 1. The lowest BCUT2D eigenvalue weighted by Crippen LogP contribution is -2.51. The number of carbonyl (C=O) groups is 1. The van der Waals surface area contributed by atoms with Crippen molar-refractivity contribution in [2.75, 3.05) is 6.54 Å². The number of carbonyl (C=O) groups excluding carboxylic acids is 1. The van der Waals surface area contributed by atoms with Gasteiger partial charge in [0.2, 0.25) is 0 Å². The van der Waals surface area contributed by atoms with Crippen LogP contribution >= 0.6 is 0 Å². The molecular formula is C23H28FNO3. The van der Waals surface area contributed by atoms with Crippen molar-refractivity contribution in [3.05, 3.63) is 59.9 Å². The predicted octanol–water partition coefficient (Wildman–Crippen LogP) is 5.32. The van der Waals surface area contributed by atoms with Gasteiger partial charge < -0.3 is 14.7 Å². The first-order valence-electron chi connectivity index (χ1n) is 9.64. The van der Waals surface area contributed by atoms with Gasteiger partial charge in [0.15, 0.2) is 0 Å². The van der Waals surface area contributed by atoms with Crippen molar-refractivity contribution in [3.63, 3.8) is 0 Å². The van der Waals surface area contributed by atoms with E-state index in [1.54, 1.807) is 30.9 Å². The standard InChI is InChI=1S/C23H28FNO3/c1-16(25-14-13-23(4,28-21(25)26)15-22(2,3)27)17-5-7-18(8-6-17)19-9-11-20(24)12-10-19/h5-12,16,27H,13-15H2,1-4H3/t16-,23-/m0/s1. The van der Waals surface area contributed by atoms with E-state index in [1.165, 1.54) is 12.1 Å². The highest BCUT2D eigenvalue weighted by Gasteiger charge is 2.41. The number of aliphatic hydroxyl groups is 1. The smallest absolute Gasteiger partial charge is 0.410 e. The Bertz CT molecular complexity index is 826. The van der Waals surface area contributed by atoms with E-state index in [-0.39, 0.29) is 18.0 Å². The minimum absolute atomic E-state index is 0.124. The fourth-order valence-electron chi connectivity index (χ4n) is 3.94. The number of ether oxygens (including phenoxy) is 1. The predicted molar refractivity (Wildman–Crippen MR) is 107 cm³/mol. The first-order chi connectivity index (χ1) is 13.1. The van der Waals surface area contributed by atoms with Gasteiger partial charge in [-0.3, -0.25) is 0 Å². The van der Waals surface area contributed by atoms with Crippen molar-refractivity contribution in [1.29, 1.82) is 0 Å². The maximum Gasteiger partial charge on any atom is 0.410 e. The van der Waals surface area contributed by atoms with Gasteiger partial charge in [-0.05, 0) is 56.5 Å². The maximum atomic E-state index is 13.1. The molecule has 4 nitrogen and oxygen atoms in total. The van der Waals surface area contributed by atoms with Crippen LogP contribution in [-0.2, 0) is 4.74 Å². The molecule has 1 N–H and O–H groups in total. The summed E-state index contributed by atoms with van der Waals surface area (Å²) in [6.45, 7) is 7.88. The first-order valence-corrected chi connectivity index (χ1v) is 9.64. The third-order valence-corrected chi connectivity index (χ3v) is 5.29. The molecule has 5 heteroatoms. The van der Waals surface area contributed by atoms with Gasteiger partial charge in [0.05, 0.1) is 11.6 Å². The molecule has 0 aliphatic carbocycles. The lowest BCUT2D eigenvalue weighted by molar-refractivity contribution is -0.0859. The number of nitrogens with zero attached hydrogens (tertiary/aromatic N) is 1. The summed E-state index contributed by atoms with van der Waals surface area (Å²) in [5.41, 5.74) is 1.40. The van der Waals surface area contributed by atoms with Crippen LogP contribution in [-0.4, -0.2) is 33.8 Å². The third kappa shape index (κ3) is 4.71. The summed E-state index contributed by atoms with van der Waals surface area (Å²) in [5.74, 6) is -0.255. The zero-order valence-electron chi connectivity index (χ0n) is 16.9. The number of benzene rings is 2. The van der Waals surface area contributed by atoms with Crippen LogP contribution in [0.4, 0.5) is 9.18 Å². The van der Waals surface area contributed by atoms with Crippen molar-refractivity contribution < 1.29 is 19.0 Å². The Morgan fingerprint density at radius 1 is 1.14 bits per heavy atom. The highest BCUT2D eigenvalue weighted by molar-refractivity contribution is 5.70. The van der Waals surface area contributed by atoms with Crippen LogP contribution in [0.2, 0.25) is 0 Å². The molecule has 0 spiro atoms. The third-order valence-electron chi connectivity index (χ3n) is 5.29. The number of rotatable bonds is 5. The van der Waals surface area contributed by atoms with Gasteiger partial charge in [-0.25, -0.2) is 9.18 Å². The molecule has 28 heavy (non-hydrogen) atoms. The zero-order chi connectivity index (χ0) is 20.5. The Balaban J connectivity index is 1.70. The molecule has 1 heterocycles. The summed E-state index contributed by atoms with van der Waals surface area (Å²) >= 11 is 0. The molecular weight excluding hydrogens is 357 g/mol. The Labute approximate surface area is 165 Å². The summed E-state index contributed by atoms with van der Waals surface area (Å²) in [4.78, 5) is 14.3. The second-order valence-electron chi connectivity index (χ2n) is 8.56. The summed E-state index contributed by atoms with van der Waals surface area (Å²) < 4.78 is 18.8. The summed E-state index contributed by atoms with van der Waals surface area (Å²) in [6, 6.07) is 14.2. The van der Waals surface area contributed by atoms with Crippen molar-refractivity contribution in [2.45, 2.75) is 57.8 Å². The maximum absolute atomic E-state index is 13.1. The molecule has 1 fully saturated rings. The molecule has 2 aromatic rings. The minimum atomic E-state index is -0.890. The molecule has 0 saturated carbocycles. The van der Waals surface area contributed by atoms with Crippen LogP contribution in [0, 0.1) is 5.82 Å². The van der Waals surface area contributed by atoms with Gasteiger partial charge in [0.1, 0.15) is 11.4 Å². The molecule has 0 unspecified atom stereocenters. The molecule has 1 aliphatic rings. The molecule has 150 valence electrons. The highest BCUT2D eigenvalue weighted by atomic mass is 19.1. The van der Waals surface area contributed by atoms with Crippen LogP contribution in [0.5, 0.6) is 0 Å². The highest BCUT2D eigenvalue weighted by Crippen LogP contribution is 2.35. The fourth-order valence-corrected chi connectivity index (χ4v) is 3.94. The van der Waals surface area contributed by atoms with Gasteiger partial charge >= 0.3 is 6.09 Å². The van der Waals surface area contributed by atoms with Gasteiger partial charge in [-0.1, -0.05) is 36.4 Å². The first kappa shape index (κ1) is 20.3. The molecule has 1 amide bonds. The number of halogens is 1. The SMILES string of the molecule is C[C@@H](c1ccc(-c2ccc(F)cc2)cc1)N1CC[C@@](C)(CC(C)(C)O)OC1=O. The van der Waals surface area contributed by atoms with E-state index < -0.39 is 11.2 Å². The van der Waals surface area contributed by atoms with E-state index in [2.05, 4.69) is 0 Å². The largest absolute Gasteiger partial charge is 0.443 e. The van der Waals surface area contributed by atoms with Crippen LogP contribution in [0.1, 0.15) is 52.1 Å². The molecule has 0 radical (unpaired) electrons. The Hall–Kier alpha value is -2.40. The van der Waals surface area contributed by atoms with Crippen molar-refractivity contribution in [3.8, 4) is 11.1 Å². The summed E-state index contributed by atoms with van der Waals surface area (Å²) in [7, 11) is 0. The van der Waals surface area contributed by atoms with E-state index in [9.17, 15) is 14.3 Å². The summed E-state index contributed by atoms with van der Waals surface area (Å²) in [5, 5.41) is 10.1. The number of amides is 1. The van der Waals surface area contributed by atoms with Crippen molar-refractivity contribution >= 4 is 6.09 Å². The number of hydrogen-bond acceptors (Lipinski definition) is 3. The lowest BCUT2D eigenvalue weighted by atomic mass is 9.87. The normalized spacial score (nSPS) is 21.4. The van der Waals surface area contributed by atoms with E-state index in [4.69, 9.17) is 4.74 Å². The lowest BCUT2D eigenvalue weighted by Gasteiger charge is -2.43. The van der Waals surface area contributed by atoms with E-state index in [1.807, 2.05) is 38.1 Å².